The Bertz CT molecular complexity index is 3440. The van der Waals surface area contributed by atoms with Gasteiger partial charge in [0.05, 0.1) is 44.6 Å². The number of nitrogens with zero attached hydrogens (tertiary/aromatic N) is 8. The van der Waals surface area contributed by atoms with Crippen molar-refractivity contribution in [3.63, 3.8) is 0 Å². The Morgan fingerprint density at radius 2 is 1.59 bits per heavy atom. The molecule has 0 saturated carbocycles. The topological polar surface area (TPSA) is 319 Å². The Morgan fingerprint density at radius 3 is 2.33 bits per heavy atom. The summed E-state index contributed by atoms with van der Waals surface area (Å²) in [4.78, 5) is 120. The van der Waals surface area contributed by atoms with Gasteiger partial charge >= 0.3 is 0 Å². The van der Waals surface area contributed by atoms with Crippen molar-refractivity contribution in [1.29, 1.82) is 0 Å². The third kappa shape index (κ3) is 10.8. The number of fused-ring (bicyclic) bond motifs is 3. The number of imidazole rings is 2. The Kier molecular flexibility index (Phi) is 14.5. The number of aromatic nitrogens is 8. The number of ether oxygens (including phenoxy) is 1. The first kappa shape index (κ1) is 50.7. The van der Waals surface area contributed by atoms with Gasteiger partial charge in [-0.3, -0.25) is 58.6 Å². The van der Waals surface area contributed by atoms with Gasteiger partial charge in [0, 0.05) is 56.3 Å². The molecule has 0 aliphatic carbocycles. The Balaban J connectivity index is 0.723. The van der Waals surface area contributed by atoms with E-state index >= 15 is 0 Å². The summed E-state index contributed by atoms with van der Waals surface area (Å²) in [5.74, 6) is -2.76. The fourth-order valence-corrected chi connectivity index (χ4v) is 9.30. The summed E-state index contributed by atoms with van der Waals surface area (Å²) >= 11 is 0. The zero-order chi connectivity index (χ0) is 53.1. The molecule has 8 amide bonds. The number of hydrogen-bond donors (Lipinski definition) is 7. The molecule has 24 heteroatoms. The molecule has 1 fully saturated rings. The lowest BCUT2D eigenvalue weighted by atomic mass is 10.0. The first-order valence-electron chi connectivity index (χ1n) is 24.5. The number of hydrogen-bond acceptors (Lipinski definition) is 14. The second-order valence-corrected chi connectivity index (χ2v) is 18.4. The van der Waals surface area contributed by atoms with Crippen LogP contribution in [0, 0.1) is 13.8 Å². The molecular weight excluding hydrogens is 967 g/mol. The molecule has 3 aromatic carbocycles. The molecule has 6 heterocycles. The van der Waals surface area contributed by atoms with Gasteiger partial charge < -0.3 is 36.0 Å². The highest BCUT2D eigenvalue weighted by Gasteiger charge is 2.46. The zero-order valence-electron chi connectivity index (χ0n) is 41.7. The fraction of sp³-hybridized carbons (Fsp3) is 0.333. The number of H-pyrrole nitrogens is 2. The number of piperidine rings is 1. The average Bonchev–Trinajstić information content (AvgIpc) is 4.21. The standard InChI is InChI=1S/C51H55N15O9/c1-5-64-44(59-50-54-33-16-14-29(43(52)69)24-35(33)56-50)31(28(3)62-64)11-7-6-8-22-65-38(23-27(2)61-65)46(71)60-51-55-34-17-15-30(25-36(34)57-51)47(72)63(4)21-10-20-53-41(68)26-75-39-13-9-12-32-42(39)49(74)66(48(32)73)37-18-19-40(67)58-45(37)70/h9,12-17,23-25,37H,5-8,10-11,18-22,26H2,1-4H3,(H2,52,69)(H,53,68)(H2,54,56,59)(H,58,67,70)(H2,55,57,60,71). The summed E-state index contributed by atoms with van der Waals surface area (Å²) in [7, 11) is 1.64. The molecule has 7 aromatic rings. The number of anilines is 3. The molecule has 0 spiro atoms. The number of aromatic amines is 2. The van der Waals surface area contributed by atoms with Gasteiger partial charge in [0.1, 0.15) is 23.3 Å². The maximum atomic E-state index is 13.6. The second-order valence-electron chi connectivity index (χ2n) is 18.4. The van der Waals surface area contributed by atoms with Gasteiger partial charge in [-0.25, -0.2) is 14.6 Å². The number of carbonyl (C=O) groups is 8. The highest BCUT2D eigenvalue weighted by atomic mass is 16.5. The third-order valence-electron chi connectivity index (χ3n) is 13.1. The number of benzene rings is 3. The van der Waals surface area contributed by atoms with E-state index in [0.717, 1.165) is 47.7 Å². The van der Waals surface area contributed by atoms with E-state index in [1.807, 2.05) is 25.5 Å². The minimum atomic E-state index is -1.14. The Hall–Kier alpha value is -9.22. The molecule has 2 aliphatic heterocycles. The van der Waals surface area contributed by atoms with Crippen molar-refractivity contribution in [2.24, 2.45) is 5.73 Å². The normalized spacial score (nSPS) is 14.3. The molecule has 2 aliphatic rings. The molecule has 75 heavy (non-hydrogen) atoms. The third-order valence-corrected chi connectivity index (χ3v) is 13.1. The molecule has 388 valence electrons. The van der Waals surface area contributed by atoms with E-state index in [4.69, 9.17) is 15.6 Å². The number of nitrogens with two attached hydrogens (primary N) is 1. The fourth-order valence-electron chi connectivity index (χ4n) is 9.30. The molecule has 0 bridgehead atoms. The molecular formula is C51H55N15O9. The van der Waals surface area contributed by atoms with Crippen molar-refractivity contribution in [2.45, 2.75) is 84.8 Å². The van der Waals surface area contributed by atoms with Crippen molar-refractivity contribution >= 4 is 87.0 Å². The van der Waals surface area contributed by atoms with Gasteiger partial charge in [0.15, 0.2) is 6.61 Å². The smallest absolute Gasteiger partial charge is 0.276 e. The van der Waals surface area contributed by atoms with E-state index < -0.39 is 54.0 Å². The van der Waals surface area contributed by atoms with Crippen LogP contribution in [0.3, 0.4) is 0 Å². The Labute approximate surface area is 428 Å². The van der Waals surface area contributed by atoms with E-state index in [0.29, 0.717) is 76.6 Å². The second kappa shape index (κ2) is 21.5. The summed E-state index contributed by atoms with van der Waals surface area (Å²) in [5, 5.41) is 20.5. The van der Waals surface area contributed by atoms with Crippen LogP contribution in [-0.2, 0) is 33.9 Å². The summed E-state index contributed by atoms with van der Waals surface area (Å²) in [5.41, 5.74) is 11.7. The molecule has 1 unspecified atom stereocenters. The monoisotopic (exact) mass is 1020 g/mol. The van der Waals surface area contributed by atoms with Crippen molar-refractivity contribution in [2.75, 3.05) is 37.4 Å². The molecule has 4 aromatic heterocycles. The number of amides is 8. The van der Waals surface area contributed by atoms with Crippen molar-refractivity contribution < 1.29 is 43.1 Å². The summed E-state index contributed by atoms with van der Waals surface area (Å²) in [6.07, 6.45) is 3.62. The van der Waals surface area contributed by atoms with Crippen LogP contribution in [0.25, 0.3) is 22.1 Å². The number of unbranched alkanes of at least 4 members (excludes halogenated alkanes) is 2. The number of aryl methyl sites for hydroxylation is 4. The number of rotatable bonds is 21. The largest absolute Gasteiger partial charge is 0.483 e. The van der Waals surface area contributed by atoms with Crippen LogP contribution in [0.4, 0.5) is 17.7 Å². The molecule has 24 nitrogen and oxygen atoms in total. The van der Waals surface area contributed by atoms with Crippen LogP contribution < -0.4 is 31.7 Å². The van der Waals surface area contributed by atoms with Crippen LogP contribution in [0.5, 0.6) is 5.75 Å². The highest BCUT2D eigenvalue weighted by Crippen LogP contribution is 2.34. The number of imide groups is 2. The number of nitrogens with one attached hydrogen (secondary N) is 6. The van der Waals surface area contributed by atoms with Crippen LogP contribution in [0.2, 0.25) is 0 Å². The summed E-state index contributed by atoms with van der Waals surface area (Å²) in [6, 6.07) is 15.0. The maximum absolute atomic E-state index is 13.6. The Morgan fingerprint density at radius 1 is 0.853 bits per heavy atom. The van der Waals surface area contributed by atoms with Gasteiger partial charge in [-0.1, -0.05) is 12.5 Å². The lowest BCUT2D eigenvalue weighted by Crippen LogP contribution is -2.54. The predicted molar refractivity (Wildman–Crippen MR) is 272 cm³/mol. The van der Waals surface area contributed by atoms with E-state index in [1.165, 1.54) is 23.1 Å². The van der Waals surface area contributed by atoms with Crippen molar-refractivity contribution in [3.8, 4) is 5.75 Å². The molecule has 9 rings (SSSR count). The van der Waals surface area contributed by atoms with E-state index in [-0.39, 0.29) is 48.1 Å². The minimum Gasteiger partial charge on any atom is -0.483 e. The van der Waals surface area contributed by atoms with Gasteiger partial charge in [-0.15, -0.1) is 0 Å². The predicted octanol–water partition coefficient (Wildman–Crippen LogP) is 4.04. The lowest BCUT2D eigenvalue weighted by Gasteiger charge is -2.27. The molecule has 0 radical (unpaired) electrons. The summed E-state index contributed by atoms with van der Waals surface area (Å²) in [6.45, 7) is 7.03. The number of carbonyl (C=O) groups excluding carboxylic acids is 8. The number of primary amides is 1. The van der Waals surface area contributed by atoms with Gasteiger partial charge in [-0.2, -0.15) is 10.2 Å². The van der Waals surface area contributed by atoms with Crippen molar-refractivity contribution in [1.82, 2.24) is 59.9 Å². The van der Waals surface area contributed by atoms with Gasteiger partial charge in [-0.05, 0) is 107 Å². The quantitative estimate of drug-likeness (QED) is 0.0395. The molecule has 1 saturated heterocycles. The van der Waals surface area contributed by atoms with E-state index in [2.05, 4.69) is 46.3 Å². The van der Waals surface area contributed by atoms with Gasteiger partial charge in [0.25, 0.3) is 29.5 Å². The lowest BCUT2D eigenvalue weighted by molar-refractivity contribution is -0.136. The van der Waals surface area contributed by atoms with E-state index in [1.54, 1.807) is 54.2 Å². The SMILES string of the molecule is CCn1nc(C)c(CCCCCn2nc(C)cc2C(=O)Nc2nc3ccc(C(=O)N(C)CCCNC(=O)COc4cccc5c4C(=O)N(C4CCC(=O)NC4=O)C5=O)cc3[nH]2)c1Nc1nc2ccc(C(N)=O)cc2[nH]1. The molecule has 1 atom stereocenters. The average molecular weight is 1020 g/mol. The van der Waals surface area contributed by atoms with Crippen LogP contribution in [0.15, 0.2) is 60.7 Å². The van der Waals surface area contributed by atoms with Crippen molar-refractivity contribution in [3.05, 3.63) is 106 Å². The maximum Gasteiger partial charge on any atom is 0.276 e. The van der Waals surface area contributed by atoms with E-state index in [9.17, 15) is 38.4 Å². The highest BCUT2D eigenvalue weighted by molar-refractivity contribution is 6.24. The summed E-state index contributed by atoms with van der Waals surface area (Å²) < 4.78 is 9.26. The minimum absolute atomic E-state index is 0.00528. The van der Waals surface area contributed by atoms with Crippen LogP contribution in [0.1, 0.15) is 114 Å². The van der Waals surface area contributed by atoms with Gasteiger partial charge in [0.2, 0.25) is 29.6 Å². The van der Waals surface area contributed by atoms with Crippen LogP contribution >= 0.6 is 0 Å². The first-order chi connectivity index (χ1) is 36.1. The molecule has 8 N–H and O–H groups in total. The zero-order valence-corrected chi connectivity index (χ0v) is 41.7. The van der Waals surface area contributed by atoms with Crippen LogP contribution in [-0.4, -0.2) is 129 Å². The first-order valence-corrected chi connectivity index (χ1v) is 24.5.